The second kappa shape index (κ2) is 13.5. The first-order valence-corrected chi connectivity index (χ1v) is 11.7. The van der Waals surface area contributed by atoms with Crippen LogP contribution in [-0.2, 0) is 9.53 Å². The average molecular weight is 537 g/mol. The van der Waals surface area contributed by atoms with Crippen LogP contribution in [0.4, 0.5) is 0 Å². The first-order valence-electron chi connectivity index (χ1n) is 11.7. The van der Waals surface area contributed by atoms with Gasteiger partial charge in [0.1, 0.15) is 36.8 Å². The minimum absolute atomic E-state index is 0.0786. The molecular weight excluding hydrogens is 504 g/mol. The van der Waals surface area contributed by atoms with Crippen molar-refractivity contribution >= 4 is 12.4 Å². The summed E-state index contributed by atoms with van der Waals surface area (Å²) >= 11 is 0. The number of carbonyl (C=O) groups is 1. The average Bonchev–Trinajstić information content (AvgIpc) is 2.94. The predicted octanol–water partition coefficient (Wildman–Crippen LogP) is -0.432. The quantitative estimate of drug-likeness (QED) is 0.152. The van der Waals surface area contributed by atoms with Gasteiger partial charge in [-0.1, -0.05) is 18.2 Å². The molecule has 0 radical (unpaired) electrons. The van der Waals surface area contributed by atoms with E-state index < -0.39 is 56.1 Å². The third-order valence-electron chi connectivity index (χ3n) is 5.99. The molecule has 38 heavy (non-hydrogen) atoms. The molecule has 0 unspecified atom stereocenters. The lowest BCUT2D eigenvalue weighted by atomic mass is 9.99. The highest BCUT2D eigenvalue weighted by Crippen LogP contribution is 2.36. The highest BCUT2D eigenvalue weighted by atomic mass is 16.7. The van der Waals surface area contributed by atoms with Crippen molar-refractivity contribution in [3.63, 3.8) is 0 Å². The Labute approximate surface area is 218 Å². The van der Waals surface area contributed by atoms with Crippen molar-refractivity contribution in [1.82, 2.24) is 0 Å². The van der Waals surface area contributed by atoms with E-state index in [4.69, 9.17) is 23.7 Å². The maximum absolute atomic E-state index is 11.0. The van der Waals surface area contributed by atoms with Crippen LogP contribution in [0.15, 0.2) is 42.5 Å². The van der Waals surface area contributed by atoms with Crippen LogP contribution in [0.3, 0.4) is 0 Å². The maximum Gasteiger partial charge on any atom is 0.229 e. The molecule has 0 saturated carbocycles. The van der Waals surface area contributed by atoms with Gasteiger partial charge in [-0.2, -0.15) is 0 Å². The van der Waals surface area contributed by atoms with Crippen LogP contribution < -0.4 is 18.9 Å². The summed E-state index contributed by atoms with van der Waals surface area (Å²) in [6.45, 7) is -1.17. The Morgan fingerprint density at radius 2 is 1.61 bits per heavy atom. The van der Waals surface area contributed by atoms with Gasteiger partial charge in [-0.3, -0.25) is 4.79 Å². The summed E-state index contributed by atoms with van der Waals surface area (Å²) in [6.07, 6.45) is -6.24. The van der Waals surface area contributed by atoms with Gasteiger partial charge in [0.05, 0.1) is 27.4 Å². The van der Waals surface area contributed by atoms with Gasteiger partial charge in [-0.25, -0.2) is 0 Å². The molecule has 2 aromatic carbocycles. The molecule has 208 valence electrons. The smallest absolute Gasteiger partial charge is 0.229 e. The molecule has 1 saturated heterocycles. The number of aliphatic hydroxyl groups excluding tert-OH is 6. The number of hydrogen-bond donors (Lipinski definition) is 6. The number of aliphatic hydroxyl groups is 6. The van der Waals surface area contributed by atoms with Crippen molar-refractivity contribution < 1.29 is 59.1 Å². The fraction of sp³-hybridized carbons (Fsp3) is 0.423. The van der Waals surface area contributed by atoms with Crippen molar-refractivity contribution in [3.05, 3.63) is 53.6 Å². The van der Waals surface area contributed by atoms with E-state index >= 15 is 0 Å². The van der Waals surface area contributed by atoms with E-state index in [0.717, 1.165) is 0 Å². The van der Waals surface area contributed by atoms with Gasteiger partial charge < -0.3 is 54.3 Å². The standard InChI is InChI=1S/C26H32O12/c1-34-18-10-14(4-3-9-27)5-7-16(18)36-20(12-28)22(30)15-6-8-17(19(11-15)35-2)37-26-25(33)24(32)23(31)21(13-29)38-26/h3-11,20-26,28-33H,12-13H2,1-2H3/b4-3+/t20-,21-,22+,23-,24+,25-,26-/m1/s1. The van der Waals surface area contributed by atoms with E-state index in [1.165, 1.54) is 38.5 Å². The van der Waals surface area contributed by atoms with Gasteiger partial charge >= 0.3 is 0 Å². The number of benzene rings is 2. The Kier molecular flexibility index (Phi) is 10.4. The first-order chi connectivity index (χ1) is 18.3. The minimum Gasteiger partial charge on any atom is -0.493 e. The monoisotopic (exact) mass is 536 g/mol. The van der Waals surface area contributed by atoms with E-state index in [-0.39, 0.29) is 17.2 Å². The minimum atomic E-state index is -1.62. The lowest BCUT2D eigenvalue weighted by Crippen LogP contribution is -2.60. The van der Waals surface area contributed by atoms with Crippen LogP contribution >= 0.6 is 0 Å². The van der Waals surface area contributed by atoms with Gasteiger partial charge in [0, 0.05) is 0 Å². The zero-order valence-electron chi connectivity index (χ0n) is 20.8. The number of hydrogen-bond acceptors (Lipinski definition) is 12. The third kappa shape index (κ3) is 6.60. The van der Waals surface area contributed by atoms with Crippen molar-refractivity contribution in [1.29, 1.82) is 0 Å². The van der Waals surface area contributed by atoms with E-state index in [9.17, 15) is 35.4 Å². The summed E-state index contributed by atoms with van der Waals surface area (Å²) in [4.78, 5) is 10.6. The number of methoxy groups -OCH3 is 2. The second-order valence-corrected chi connectivity index (χ2v) is 8.41. The largest absolute Gasteiger partial charge is 0.493 e. The highest BCUT2D eigenvalue weighted by Gasteiger charge is 2.45. The first kappa shape index (κ1) is 29.3. The number of ether oxygens (including phenoxy) is 5. The van der Waals surface area contributed by atoms with Gasteiger partial charge in [0.2, 0.25) is 6.29 Å². The molecule has 0 spiro atoms. The zero-order chi connectivity index (χ0) is 27.8. The molecule has 6 N–H and O–H groups in total. The lowest BCUT2D eigenvalue weighted by molar-refractivity contribution is -0.277. The molecule has 0 aromatic heterocycles. The summed E-state index contributed by atoms with van der Waals surface area (Å²) < 4.78 is 27.5. The molecule has 2 aromatic rings. The molecule has 0 aliphatic carbocycles. The van der Waals surface area contributed by atoms with Crippen LogP contribution in [-0.4, -0.2) is 101 Å². The van der Waals surface area contributed by atoms with E-state index in [2.05, 4.69) is 0 Å². The van der Waals surface area contributed by atoms with Crippen LogP contribution in [0.2, 0.25) is 0 Å². The Morgan fingerprint density at radius 3 is 2.24 bits per heavy atom. The highest BCUT2D eigenvalue weighted by molar-refractivity contribution is 5.74. The van der Waals surface area contributed by atoms with Gasteiger partial charge in [-0.15, -0.1) is 0 Å². The molecule has 12 heteroatoms. The third-order valence-corrected chi connectivity index (χ3v) is 5.99. The normalized spacial score (nSPS) is 25.0. The number of rotatable bonds is 12. The Balaban J connectivity index is 1.78. The zero-order valence-corrected chi connectivity index (χ0v) is 20.8. The molecular formula is C26H32O12. The van der Waals surface area contributed by atoms with Crippen molar-refractivity contribution in [2.45, 2.75) is 42.9 Å². The molecule has 1 aliphatic heterocycles. The maximum atomic E-state index is 11.0. The summed E-state index contributed by atoms with van der Waals surface area (Å²) in [5, 5.41) is 60.4. The Morgan fingerprint density at radius 1 is 0.921 bits per heavy atom. The number of aldehydes is 1. The second-order valence-electron chi connectivity index (χ2n) is 8.41. The van der Waals surface area contributed by atoms with Crippen LogP contribution in [0, 0.1) is 0 Å². The number of allylic oxidation sites excluding steroid dienone is 1. The Bertz CT molecular complexity index is 1090. The molecule has 3 rings (SSSR count). The fourth-order valence-electron chi connectivity index (χ4n) is 3.87. The van der Waals surface area contributed by atoms with Gasteiger partial charge in [-0.05, 0) is 41.5 Å². The van der Waals surface area contributed by atoms with Crippen molar-refractivity contribution in [2.24, 2.45) is 0 Å². The van der Waals surface area contributed by atoms with E-state index in [1.807, 2.05) is 0 Å². The van der Waals surface area contributed by atoms with Crippen molar-refractivity contribution in [2.75, 3.05) is 27.4 Å². The van der Waals surface area contributed by atoms with E-state index in [0.29, 0.717) is 23.2 Å². The molecule has 1 aliphatic rings. The fourth-order valence-corrected chi connectivity index (χ4v) is 3.87. The molecule has 0 amide bonds. The molecule has 0 bridgehead atoms. The summed E-state index contributed by atoms with van der Waals surface area (Å²) in [5.41, 5.74) is 0.980. The molecule has 12 nitrogen and oxygen atoms in total. The van der Waals surface area contributed by atoms with Crippen molar-refractivity contribution in [3.8, 4) is 23.0 Å². The van der Waals surface area contributed by atoms with Gasteiger partial charge in [0.25, 0.3) is 0 Å². The molecule has 1 fully saturated rings. The summed E-state index contributed by atoms with van der Waals surface area (Å²) in [7, 11) is 2.77. The lowest BCUT2D eigenvalue weighted by Gasteiger charge is -2.39. The summed E-state index contributed by atoms with van der Waals surface area (Å²) in [6, 6.07) is 9.21. The topological polar surface area (TPSA) is 185 Å². The SMILES string of the molecule is COc1cc([C@H](O)[C@@H](CO)Oc2ccc(/C=C/C=O)cc2OC)ccc1O[C@@H]1O[C@H](CO)[C@@H](O)[C@H](O)[C@H]1O. The van der Waals surface area contributed by atoms with Crippen LogP contribution in [0.5, 0.6) is 23.0 Å². The van der Waals surface area contributed by atoms with Crippen LogP contribution in [0.1, 0.15) is 17.2 Å². The Hall–Kier alpha value is -3.23. The van der Waals surface area contributed by atoms with E-state index in [1.54, 1.807) is 24.3 Å². The molecule has 1 heterocycles. The van der Waals surface area contributed by atoms with Crippen LogP contribution in [0.25, 0.3) is 6.08 Å². The summed E-state index contributed by atoms with van der Waals surface area (Å²) in [5.74, 6) is 0.780. The molecule has 7 atom stereocenters. The van der Waals surface area contributed by atoms with Gasteiger partial charge in [0.15, 0.2) is 29.1 Å². The number of carbonyl (C=O) groups excluding carboxylic acids is 1. The predicted molar refractivity (Wildman–Crippen MR) is 132 cm³/mol.